The molecule has 3 aromatic rings. The van der Waals surface area contributed by atoms with Gasteiger partial charge in [-0.05, 0) is 48.1 Å². The van der Waals surface area contributed by atoms with Gasteiger partial charge < -0.3 is 21.9 Å². The quantitative estimate of drug-likeness (QED) is 0.169. The smallest absolute Gasteiger partial charge is 0.320 e. The van der Waals surface area contributed by atoms with Gasteiger partial charge in [0.2, 0.25) is 5.91 Å². The topological polar surface area (TPSA) is 180 Å². The fourth-order valence-electron chi connectivity index (χ4n) is 3.89. The second kappa shape index (κ2) is 12.4. The second-order valence-corrected chi connectivity index (χ2v) is 11.4. The Morgan fingerprint density at radius 3 is 2.37 bits per heavy atom. The Hall–Kier alpha value is -3.38. The number of rotatable bonds is 11. The van der Waals surface area contributed by atoms with Gasteiger partial charge >= 0.3 is 5.97 Å². The lowest BCUT2D eigenvalue weighted by molar-refractivity contribution is -0.138. The van der Waals surface area contributed by atoms with Crippen LogP contribution in [0.1, 0.15) is 18.4 Å². The molecule has 0 radical (unpaired) electrons. The highest BCUT2D eigenvalue weighted by Gasteiger charge is 2.28. The van der Waals surface area contributed by atoms with Gasteiger partial charge in [-0.2, -0.15) is 0 Å². The van der Waals surface area contributed by atoms with E-state index in [1.165, 1.54) is 6.07 Å². The Labute approximate surface area is 229 Å². The Morgan fingerprint density at radius 1 is 1.08 bits per heavy atom. The van der Waals surface area contributed by atoms with Crippen molar-refractivity contribution in [2.24, 2.45) is 11.5 Å². The van der Waals surface area contributed by atoms with Crippen molar-refractivity contribution in [3.8, 4) is 0 Å². The van der Waals surface area contributed by atoms with Crippen LogP contribution in [0.5, 0.6) is 0 Å². The van der Waals surface area contributed by atoms with E-state index in [4.69, 9.17) is 45.2 Å². The minimum Gasteiger partial charge on any atom is -0.480 e. The predicted molar refractivity (Wildman–Crippen MR) is 148 cm³/mol. The van der Waals surface area contributed by atoms with Crippen molar-refractivity contribution < 1.29 is 23.1 Å². The average Bonchev–Trinajstić information content (AvgIpc) is 2.83. The molecule has 3 rings (SSSR count). The Morgan fingerprint density at radius 2 is 1.74 bits per heavy atom. The molecule has 3 aromatic carbocycles. The number of hydrogen-bond donors (Lipinski definition) is 5. The maximum atomic E-state index is 13.5. The van der Waals surface area contributed by atoms with Crippen LogP contribution < -0.4 is 16.8 Å². The number of nitrogens with one attached hydrogen (secondary N) is 2. The van der Waals surface area contributed by atoms with Crippen LogP contribution in [0.4, 0.5) is 5.69 Å². The summed E-state index contributed by atoms with van der Waals surface area (Å²) in [5, 5.41) is 22.1. The summed E-state index contributed by atoms with van der Waals surface area (Å²) in [4.78, 5) is 24.6. The van der Waals surface area contributed by atoms with Gasteiger partial charge in [-0.25, -0.2) is 8.42 Å². The van der Waals surface area contributed by atoms with E-state index in [0.29, 0.717) is 21.1 Å². The number of carboxylic acids is 1. The number of benzene rings is 3. The van der Waals surface area contributed by atoms with Crippen molar-refractivity contribution in [3.63, 3.8) is 0 Å². The maximum absolute atomic E-state index is 13.5. The van der Waals surface area contributed by atoms with Crippen molar-refractivity contribution in [1.29, 1.82) is 5.41 Å². The van der Waals surface area contributed by atoms with Gasteiger partial charge in [0, 0.05) is 28.5 Å². The lowest BCUT2D eigenvalue weighted by Crippen LogP contribution is -2.45. The Bertz CT molecular complexity index is 1460. The zero-order valence-corrected chi connectivity index (χ0v) is 22.5. The van der Waals surface area contributed by atoms with E-state index >= 15 is 0 Å². The van der Waals surface area contributed by atoms with Crippen molar-refractivity contribution in [2.45, 2.75) is 30.3 Å². The number of fused-ring (bicyclic) bond motifs is 1. The summed E-state index contributed by atoms with van der Waals surface area (Å²) >= 11 is 12.2. The molecule has 0 saturated heterocycles. The van der Waals surface area contributed by atoms with E-state index in [9.17, 15) is 18.0 Å². The molecular formula is C25H27Cl2N5O5S. The molecule has 38 heavy (non-hydrogen) atoms. The molecule has 0 aromatic heterocycles. The Kier molecular flexibility index (Phi) is 9.55. The van der Waals surface area contributed by atoms with Crippen molar-refractivity contribution >= 4 is 67.3 Å². The summed E-state index contributed by atoms with van der Waals surface area (Å²) in [5.41, 5.74) is 12.0. The van der Waals surface area contributed by atoms with Gasteiger partial charge in [0.25, 0.3) is 0 Å². The first-order chi connectivity index (χ1) is 17.9. The van der Waals surface area contributed by atoms with Crippen molar-refractivity contribution in [3.05, 3.63) is 70.2 Å². The summed E-state index contributed by atoms with van der Waals surface area (Å²) in [6.07, 6.45) is 0.134. The molecule has 10 nitrogen and oxygen atoms in total. The van der Waals surface area contributed by atoms with E-state index in [-0.39, 0.29) is 30.8 Å². The fourth-order valence-corrected chi connectivity index (χ4v) is 5.86. The van der Waals surface area contributed by atoms with Crippen LogP contribution in [-0.2, 0) is 26.0 Å². The molecule has 0 aliphatic heterocycles. The maximum Gasteiger partial charge on any atom is 0.320 e. The van der Waals surface area contributed by atoms with Gasteiger partial charge in [0.1, 0.15) is 11.8 Å². The molecule has 13 heteroatoms. The largest absolute Gasteiger partial charge is 0.480 e. The molecule has 1 atom stereocenters. The van der Waals surface area contributed by atoms with E-state index in [0.717, 1.165) is 15.8 Å². The predicted octanol–water partition coefficient (Wildman–Crippen LogP) is 3.45. The molecular weight excluding hydrogens is 553 g/mol. The lowest BCUT2D eigenvalue weighted by Gasteiger charge is -2.22. The summed E-state index contributed by atoms with van der Waals surface area (Å²) < 4.78 is 27.0. The summed E-state index contributed by atoms with van der Waals surface area (Å²) in [7, 11) is -4.21. The van der Waals surface area contributed by atoms with E-state index in [1.807, 2.05) is 12.1 Å². The first-order valence-electron chi connectivity index (χ1n) is 11.4. The zero-order valence-electron chi connectivity index (χ0n) is 20.2. The van der Waals surface area contributed by atoms with Crippen LogP contribution in [0.2, 0.25) is 10.0 Å². The Balaban J connectivity index is 1.89. The number of aliphatic carboxylic acids is 1. The van der Waals surface area contributed by atoms with E-state index < -0.39 is 39.5 Å². The van der Waals surface area contributed by atoms with Gasteiger partial charge in [0.15, 0.2) is 15.8 Å². The van der Waals surface area contributed by atoms with E-state index in [1.54, 1.807) is 36.4 Å². The normalized spacial score (nSPS) is 12.2. The number of nitrogens with zero attached hydrogens (tertiary/aromatic N) is 1. The molecule has 0 spiro atoms. The van der Waals surface area contributed by atoms with Gasteiger partial charge in [-0.1, -0.05) is 53.5 Å². The molecule has 0 aliphatic rings. The first kappa shape index (κ1) is 29.2. The molecule has 1 unspecified atom stereocenters. The number of carbonyl (C=O) groups is 2. The first-order valence-corrected chi connectivity index (χ1v) is 13.9. The number of carboxylic acid groups (broad SMARTS) is 1. The molecule has 0 fully saturated rings. The molecule has 202 valence electrons. The van der Waals surface area contributed by atoms with Gasteiger partial charge in [-0.15, -0.1) is 0 Å². The third-order valence-electron chi connectivity index (χ3n) is 5.74. The summed E-state index contributed by atoms with van der Waals surface area (Å²) in [6, 6.07) is 14.1. The van der Waals surface area contributed by atoms with Crippen LogP contribution >= 0.6 is 23.2 Å². The number of amides is 1. The van der Waals surface area contributed by atoms with Gasteiger partial charge in [0.05, 0.1) is 10.6 Å². The number of nitrogens with two attached hydrogens (primary N) is 2. The number of halogens is 2. The number of guanidine groups is 1. The number of anilines is 1. The minimum atomic E-state index is -4.21. The van der Waals surface area contributed by atoms with Crippen LogP contribution in [0.25, 0.3) is 10.8 Å². The molecule has 1 amide bonds. The zero-order chi connectivity index (χ0) is 28.0. The van der Waals surface area contributed by atoms with Crippen LogP contribution in [0, 0.1) is 5.41 Å². The van der Waals surface area contributed by atoms with Crippen LogP contribution in [-0.4, -0.2) is 54.6 Å². The monoisotopic (exact) mass is 579 g/mol. The number of carbonyl (C=O) groups excluding carboxylic acids is 1. The van der Waals surface area contributed by atoms with Gasteiger partial charge in [-0.3, -0.25) is 19.9 Å². The fraction of sp³-hybridized carbons (Fsp3) is 0.240. The highest BCUT2D eigenvalue weighted by Crippen LogP contribution is 2.32. The van der Waals surface area contributed by atoms with Crippen LogP contribution in [0.3, 0.4) is 0 Å². The minimum absolute atomic E-state index is 0.0193. The van der Waals surface area contributed by atoms with E-state index in [2.05, 4.69) is 5.32 Å². The summed E-state index contributed by atoms with van der Waals surface area (Å²) in [6.45, 7) is 0.0528. The standard InChI is InChI=1S/C25H27Cl2N5O5S/c26-17-10-15(11-18(27)12-17)13-31-23-19-5-2-1-4-16(19)7-8-21(23)38(36,37)14-22(33)32(25(29)30)9-3-6-20(28)24(34)35/h1-2,4-5,7-8,10-12,20,31H,3,6,9,13-14,28H2,(H3,29,30)(H,34,35). The number of sulfone groups is 1. The van der Waals surface area contributed by atoms with Crippen molar-refractivity contribution in [2.75, 3.05) is 17.6 Å². The van der Waals surface area contributed by atoms with Crippen molar-refractivity contribution in [1.82, 2.24) is 4.90 Å². The highest BCUT2D eigenvalue weighted by atomic mass is 35.5. The third kappa shape index (κ3) is 7.35. The number of hydrogen-bond acceptors (Lipinski definition) is 7. The molecule has 0 saturated carbocycles. The molecule has 0 bridgehead atoms. The highest BCUT2D eigenvalue weighted by molar-refractivity contribution is 7.92. The molecule has 0 aliphatic carbocycles. The third-order valence-corrected chi connectivity index (χ3v) is 7.81. The SMILES string of the molecule is N=C(N)N(CCCC(N)C(=O)O)C(=O)CS(=O)(=O)c1ccc2ccccc2c1NCc1cc(Cl)cc(Cl)c1. The average molecular weight is 580 g/mol. The van der Waals surface area contributed by atoms with Crippen LogP contribution in [0.15, 0.2) is 59.5 Å². The second-order valence-electron chi connectivity index (χ2n) is 8.57. The molecule has 7 N–H and O–H groups in total. The lowest BCUT2D eigenvalue weighted by atomic mass is 10.1. The summed E-state index contributed by atoms with van der Waals surface area (Å²) in [5.74, 6) is -3.72. The molecule has 0 heterocycles.